The van der Waals surface area contributed by atoms with Crippen LogP contribution in [-0.2, 0) is 0 Å². The highest BCUT2D eigenvalue weighted by Crippen LogP contribution is 2.32. The molecule has 0 amide bonds. The highest BCUT2D eigenvalue weighted by molar-refractivity contribution is 6.31. The first kappa shape index (κ1) is 13.0. The van der Waals surface area contributed by atoms with Gasteiger partial charge in [0.1, 0.15) is 5.82 Å². The van der Waals surface area contributed by atoms with E-state index in [1.807, 2.05) is 0 Å². The normalized spacial score (nSPS) is 10.2. The largest absolute Gasteiger partial charge is 0.430 e. The Morgan fingerprint density at radius 2 is 2.21 bits per heavy atom. The maximum atomic E-state index is 12.9. The molecule has 1 aromatic heterocycles. The molecule has 1 N–H and O–H groups in total. The first-order valence-electron chi connectivity index (χ1n) is 4.84. The SMILES string of the molecule is O=c1[nH]cnc(Oc2ccc(F)cc2[N+](=O)[O-])c1Cl. The second kappa shape index (κ2) is 5.02. The fraction of sp³-hybridized carbons (Fsp3) is 0. The summed E-state index contributed by atoms with van der Waals surface area (Å²) in [5.74, 6) is -1.37. The summed E-state index contributed by atoms with van der Waals surface area (Å²) in [6, 6.07) is 2.71. The van der Waals surface area contributed by atoms with Crippen molar-refractivity contribution in [2.24, 2.45) is 0 Å². The number of nitrogens with one attached hydrogen (secondary N) is 1. The van der Waals surface area contributed by atoms with Gasteiger partial charge < -0.3 is 9.72 Å². The third-order valence-electron chi connectivity index (χ3n) is 2.09. The number of hydrogen-bond acceptors (Lipinski definition) is 5. The average Bonchev–Trinajstić information content (AvgIpc) is 2.36. The quantitative estimate of drug-likeness (QED) is 0.689. The third-order valence-corrected chi connectivity index (χ3v) is 2.42. The number of nitro groups is 1. The molecule has 0 saturated heterocycles. The van der Waals surface area contributed by atoms with Crippen LogP contribution < -0.4 is 10.3 Å². The van der Waals surface area contributed by atoms with Gasteiger partial charge >= 0.3 is 5.69 Å². The predicted octanol–water partition coefficient (Wildman–Crippen LogP) is 2.26. The summed E-state index contributed by atoms with van der Waals surface area (Å²) in [4.78, 5) is 27.0. The molecule has 0 atom stereocenters. The van der Waals surface area contributed by atoms with E-state index in [9.17, 15) is 19.3 Å². The lowest BCUT2D eigenvalue weighted by molar-refractivity contribution is -0.385. The second-order valence-electron chi connectivity index (χ2n) is 3.32. The van der Waals surface area contributed by atoms with Crippen molar-refractivity contribution in [3.8, 4) is 11.6 Å². The monoisotopic (exact) mass is 285 g/mol. The number of ether oxygens (including phenoxy) is 1. The first-order chi connectivity index (χ1) is 8.99. The van der Waals surface area contributed by atoms with Gasteiger partial charge in [-0.05, 0) is 12.1 Å². The molecular weight excluding hydrogens is 281 g/mol. The van der Waals surface area contributed by atoms with Crippen molar-refractivity contribution in [3.63, 3.8) is 0 Å². The van der Waals surface area contributed by atoms with Crippen molar-refractivity contribution in [1.82, 2.24) is 9.97 Å². The number of halogens is 2. The summed E-state index contributed by atoms with van der Waals surface area (Å²) in [7, 11) is 0. The number of benzene rings is 1. The molecule has 1 heterocycles. The van der Waals surface area contributed by atoms with Crippen LogP contribution in [0.3, 0.4) is 0 Å². The molecule has 0 bridgehead atoms. The minimum absolute atomic E-state index is 0.272. The number of H-pyrrole nitrogens is 1. The predicted molar refractivity (Wildman–Crippen MR) is 63.0 cm³/mol. The minimum atomic E-state index is -0.820. The standard InChI is InChI=1S/C10H5ClFN3O4/c11-8-9(16)13-4-14-10(8)19-7-2-1-5(12)3-6(7)15(17)18/h1-4H,(H,13,14,16). The Morgan fingerprint density at radius 3 is 2.89 bits per heavy atom. The van der Waals surface area contributed by atoms with Gasteiger partial charge in [-0.25, -0.2) is 9.37 Å². The van der Waals surface area contributed by atoms with E-state index in [0.717, 1.165) is 18.5 Å². The first-order valence-corrected chi connectivity index (χ1v) is 5.22. The van der Waals surface area contributed by atoms with Gasteiger partial charge in [0.15, 0.2) is 5.02 Å². The van der Waals surface area contributed by atoms with Crippen LogP contribution in [0.25, 0.3) is 0 Å². The molecule has 0 aliphatic heterocycles. The summed E-state index contributed by atoms with van der Waals surface area (Å²) >= 11 is 5.63. The Morgan fingerprint density at radius 1 is 1.47 bits per heavy atom. The van der Waals surface area contributed by atoms with Gasteiger partial charge in [-0.2, -0.15) is 0 Å². The van der Waals surface area contributed by atoms with Gasteiger partial charge in [-0.3, -0.25) is 14.9 Å². The molecule has 0 aliphatic rings. The third kappa shape index (κ3) is 2.68. The Kier molecular flexibility index (Phi) is 3.43. The van der Waals surface area contributed by atoms with Gasteiger partial charge in [-0.15, -0.1) is 0 Å². The molecule has 2 aromatic rings. The summed E-state index contributed by atoms with van der Waals surface area (Å²) in [5, 5.41) is 10.4. The van der Waals surface area contributed by atoms with E-state index in [2.05, 4.69) is 9.97 Å². The van der Waals surface area contributed by atoms with E-state index in [0.29, 0.717) is 6.07 Å². The number of nitro benzene ring substituents is 1. The summed E-state index contributed by atoms with van der Waals surface area (Å²) in [5.41, 5.74) is -1.26. The van der Waals surface area contributed by atoms with Crippen molar-refractivity contribution in [1.29, 1.82) is 0 Å². The van der Waals surface area contributed by atoms with Crippen LogP contribution in [0, 0.1) is 15.9 Å². The molecule has 7 nitrogen and oxygen atoms in total. The Balaban J connectivity index is 2.46. The van der Waals surface area contributed by atoms with Gasteiger partial charge in [0.05, 0.1) is 17.3 Å². The summed E-state index contributed by atoms with van der Waals surface area (Å²) in [6.45, 7) is 0. The van der Waals surface area contributed by atoms with E-state index in [1.165, 1.54) is 0 Å². The highest BCUT2D eigenvalue weighted by atomic mass is 35.5. The zero-order valence-electron chi connectivity index (χ0n) is 9.09. The number of aromatic amines is 1. The van der Waals surface area contributed by atoms with Crippen LogP contribution in [0.1, 0.15) is 0 Å². The van der Waals surface area contributed by atoms with Gasteiger partial charge in [0.2, 0.25) is 11.6 Å². The number of nitrogens with zero attached hydrogens (tertiary/aromatic N) is 2. The van der Waals surface area contributed by atoms with Crippen LogP contribution >= 0.6 is 11.6 Å². The fourth-order valence-corrected chi connectivity index (χ4v) is 1.40. The van der Waals surface area contributed by atoms with E-state index in [4.69, 9.17) is 16.3 Å². The number of aromatic nitrogens is 2. The van der Waals surface area contributed by atoms with E-state index >= 15 is 0 Å². The molecule has 2 rings (SSSR count). The van der Waals surface area contributed by atoms with E-state index in [-0.39, 0.29) is 16.7 Å². The molecule has 0 saturated carbocycles. The van der Waals surface area contributed by atoms with Crippen molar-refractivity contribution < 1.29 is 14.1 Å². The lowest BCUT2D eigenvalue weighted by Crippen LogP contribution is -2.08. The van der Waals surface area contributed by atoms with Crippen LogP contribution in [0.4, 0.5) is 10.1 Å². The molecule has 0 unspecified atom stereocenters. The molecule has 98 valence electrons. The Bertz CT molecular complexity index is 703. The molecular formula is C10H5ClFN3O4. The summed E-state index contributed by atoms with van der Waals surface area (Å²) in [6.07, 6.45) is 1.03. The molecule has 0 radical (unpaired) electrons. The van der Waals surface area contributed by atoms with Crippen molar-refractivity contribution >= 4 is 17.3 Å². The summed E-state index contributed by atoms with van der Waals surface area (Å²) < 4.78 is 18.0. The lowest BCUT2D eigenvalue weighted by atomic mass is 10.3. The van der Waals surface area contributed by atoms with Gasteiger partial charge in [0, 0.05) is 0 Å². The molecule has 9 heteroatoms. The minimum Gasteiger partial charge on any atom is -0.430 e. The zero-order valence-corrected chi connectivity index (χ0v) is 9.85. The van der Waals surface area contributed by atoms with Crippen molar-refractivity contribution in [3.05, 3.63) is 55.8 Å². The van der Waals surface area contributed by atoms with Crippen LogP contribution in [-0.4, -0.2) is 14.9 Å². The maximum absolute atomic E-state index is 12.9. The Hall–Kier alpha value is -2.48. The molecule has 1 aromatic carbocycles. The number of rotatable bonds is 3. The Labute approximate surface area is 109 Å². The van der Waals surface area contributed by atoms with Gasteiger partial charge in [-0.1, -0.05) is 11.6 Å². The average molecular weight is 286 g/mol. The lowest BCUT2D eigenvalue weighted by Gasteiger charge is -2.05. The van der Waals surface area contributed by atoms with E-state index in [1.54, 1.807) is 0 Å². The highest BCUT2D eigenvalue weighted by Gasteiger charge is 2.19. The molecule has 0 fully saturated rings. The van der Waals surface area contributed by atoms with Crippen molar-refractivity contribution in [2.45, 2.75) is 0 Å². The van der Waals surface area contributed by atoms with Crippen LogP contribution in [0.15, 0.2) is 29.3 Å². The zero-order chi connectivity index (χ0) is 14.0. The molecule has 0 aliphatic carbocycles. The van der Waals surface area contributed by atoms with Crippen molar-refractivity contribution in [2.75, 3.05) is 0 Å². The van der Waals surface area contributed by atoms with Crippen LogP contribution in [0.5, 0.6) is 11.6 Å². The smallest absolute Gasteiger partial charge is 0.314 e. The van der Waals surface area contributed by atoms with Gasteiger partial charge in [0.25, 0.3) is 5.56 Å². The second-order valence-corrected chi connectivity index (χ2v) is 3.70. The maximum Gasteiger partial charge on any atom is 0.314 e. The van der Waals surface area contributed by atoms with E-state index < -0.39 is 22.0 Å². The molecule has 0 spiro atoms. The van der Waals surface area contributed by atoms with Crippen LogP contribution in [0.2, 0.25) is 5.02 Å². The number of hydrogen-bond donors (Lipinski definition) is 1. The topological polar surface area (TPSA) is 98.1 Å². The molecule has 19 heavy (non-hydrogen) atoms. The fourth-order valence-electron chi connectivity index (χ4n) is 1.26.